The van der Waals surface area contributed by atoms with Crippen molar-refractivity contribution in [3.05, 3.63) is 0 Å². The zero-order valence-electron chi connectivity index (χ0n) is 15.3. The predicted molar refractivity (Wildman–Crippen MR) is 91.2 cm³/mol. The van der Waals surface area contributed by atoms with E-state index in [1.54, 1.807) is 11.9 Å². The number of nitrogens with zero attached hydrogens (tertiary/aromatic N) is 2. The molecule has 1 amide bonds. The number of likely N-dealkylation sites (tertiary alicyclic amines) is 1. The van der Waals surface area contributed by atoms with Gasteiger partial charge in [0.2, 0.25) is 0 Å². The van der Waals surface area contributed by atoms with Crippen LogP contribution in [0.4, 0.5) is 4.79 Å². The van der Waals surface area contributed by atoms with Crippen LogP contribution in [0.1, 0.15) is 47.0 Å². The molecule has 5 nitrogen and oxygen atoms in total. The number of carbonyl (C=O) groups excluding carboxylic acids is 1. The molecule has 2 atom stereocenters. The molecule has 1 N–H and O–H groups in total. The van der Waals surface area contributed by atoms with Gasteiger partial charge in [-0.2, -0.15) is 0 Å². The van der Waals surface area contributed by atoms with E-state index < -0.39 is 5.60 Å². The third kappa shape index (κ3) is 7.45. The van der Waals surface area contributed by atoms with Crippen molar-refractivity contribution in [1.82, 2.24) is 15.1 Å². The van der Waals surface area contributed by atoms with Gasteiger partial charge in [0, 0.05) is 26.2 Å². The number of nitrogens with one attached hydrogen (secondary N) is 1. The van der Waals surface area contributed by atoms with Gasteiger partial charge in [-0.3, -0.25) is 0 Å². The molecule has 0 saturated carbocycles. The maximum absolute atomic E-state index is 11.9. The third-order valence-corrected chi connectivity index (χ3v) is 4.08. The Balaban J connectivity index is 2.22. The highest BCUT2D eigenvalue weighted by molar-refractivity contribution is 5.67. The molecule has 0 aromatic heterocycles. The first kappa shape index (κ1) is 19.2. The summed E-state index contributed by atoms with van der Waals surface area (Å²) in [6.07, 6.45) is 3.71. The van der Waals surface area contributed by atoms with E-state index in [2.05, 4.69) is 24.2 Å². The second kappa shape index (κ2) is 8.73. The summed E-state index contributed by atoms with van der Waals surface area (Å²) < 4.78 is 5.37. The Kier molecular flexibility index (Phi) is 7.63. The topological polar surface area (TPSA) is 44.8 Å². The van der Waals surface area contributed by atoms with E-state index in [0.29, 0.717) is 18.5 Å². The van der Waals surface area contributed by atoms with Gasteiger partial charge in [-0.25, -0.2) is 4.79 Å². The highest BCUT2D eigenvalue weighted by atomic mass is 16.6. The third-order valence-electron chi connectivity index (χ3n) is 4.08. The normalized spacial score (nSPS) is 21.5. The molecule has 2 unspecified atom stereocenters. The minimum atomic E-state index is -0.432. The molecule has 0 aromatic rings. The summed E-state index contributed by atoms with van der Waals surface area (Å²) in [6, 6.07) is 0.657. The van der Waals surface area contributed by atoms with E-state index in [0.717, 1.165) is 13.1 Å². The number of likely N-dealkylation sites (N-methyl/N-ethyl adjacent to an activating group) is 1. The number of amides is 1. The first-order valence-electron chi connectivity index (χ1n) is 8.54. The molecule has 1 heterocycles. The van der Waals surface area contributed by atoms with Crippen LogP contribution < -0.4 is 5.32 Å². The molecule has 22 heavy (non-hydrogen) atoms. The van der Waals surface area contributed by atoms with Gasteiger partial charge >= 0.3 is 6.09 Å². The quantitative estimate of drug-likeness (QED) is 0.818. The Morgan fingerprint density at radius 1 is 1.41 bits per heavy atom. The number of piperidine rings is 1. The number of rotatable bonds is 6. The molecule has 1 aliphatic heterocycles. The smallest absolute Gasteiger partial charge is 0.410 e. The fourth-order valence-electron chi connectivity index (χ4n) is 2.84. The molecule has 1 aliphatic rings. The van der Waals surface area contributed by atoms with Crippen molar-refractivity contribution in [2.75, 3.05) is 40.3 Å². The zero-order chi connectivity index (χ0) is 16.8. The molecule has 1 rings (SSSR count). The summed E-state index contributed by atoms with van der Waals surface area (Å²) >= 11 is 0. The van der Waals surface area contributed by atoms with Gasteiger partial charge in [-0.05, 0) is 59.7 Å². The molecular weight excluding hydrogens is 278 g/mol. The Morgan fingerprint density at radius 2 is 2.09 bits per heavy atom. The van der Waals surface area contributed by atoms with E-state index >= 15 is 0 Å². The van der Waals surface area contributed by atoms with Gasteiger partial charge < -0.3 is 19.9 Å². The van der Waals surface area contributed by atoms with Gasteiger partial charge in [-0.15, -0.1) is 0 Å². The van der Waals surface area contributed by atoms with Gasteiger partial charge in [0.05, 0.1) is 0 Å². The van der Waals surface area contributed by atoms with Crippen LogP contribution in [0.25, 0.3) is 0 Å². The number of hydrogen-bond acceptors (Lipinski definition) is 4. The monoisotopic (exact) mass is 313 g/mol. The van der Waals surface area contributed by atoms with Crippen LogP contribution in [-0.2, 0) is 4.74 Å². The maximum Gasteiger partial charge on any atom is 0.410 e. The van der Waals surface area contributed by atoms with Crippen LogP contribution in [0.5, 0.6) is 0 Å². The molecule has 0 bridgehead atoms. The zero-order valence-corrected chi connectivity index (χ0v) is 15.3. The Labute approximate surface area is 136 Å². The lowest BCUT2D eigenvalue weighted by Crippen LogP contribution is -2.44. The van der Waals surface area contributed by atoms with Crippen molar-refractivity contribution in [3.63, 3.8) is 0 Å². The van der Waals surface area contributed by atoms with Gasteiger partial charge in [-0.1, -0.05) is 13.3 Å². The Bertz CT molecular complexity index is 341. The van der Waals surface area contributed by atoms with E-state index in [9.17, 15) is 4.79 Å². The fourth-order valence-corrected chi connectivity index (χ4v) is 2.84. The standard InChI is InChI=1S/C17H35N3O2/c1-14(13-20(6)16(21)22-17(2,3)4)11-18-12-15-9-7-8-10-19(15)5/h14-15,18H,7-13H2,1-6H3. The molecule has 130 valence electrons. The summed E-state index contributed by atoms with van der Waals surface area (Å²) in [5.74, 6) is 0.409. The van der Waals surface area contributed by atoms with Crippen LogP contribution in [0.2, 0.25) is 0 Å². The van der Waals surface area contributed by atoms with Crippen molar-refractivity contribution in [3.8, 4) is 0 Å². The lowest BCUT2D eigenvalue weighted by atomic mass is 10.0. The van der Waals surface area contributed by atoms with Gasteiger partial charge in [0.25, 0.3) is 0 Å². The summed E-state index contributed by atoms with van der Waals surface area (Å²) in [5.41, 5.74) is -0.432. The number of ether oxygens (including phenoxy) is 1. The van der Waals surface area contributed by atoms with Crippen LogP contribution >= 0.6 is 0 Å². The van der Waals surface area contributed by atoms with E-state index in [1.165, 1.54) is 25.8 Å². The summed E-state index contributed by atoms with van der Waals surface area (Å²) in [6.45, 7) is 11.7. The minimum absolute atomic E-state index is 0.244. The molecule has 1 fully saturated rings. The number of hydrogen-bond donors (Lipinski definition) is 1. The van der Waals surface area contributed by atoms with Crippen LogP contribution in [0.3, 0.4) is 0 Å². The highest BCUT2D eigenvalue weighted by Crippen LogP contribution is 2.14. The van der Waals surface area contributed by atoms with Crippen molar-refractivity contribution in [2.24, 2.45) is 5.92 Å². The summed E-state index contributed by atoms with van der Waals surface area (Å²) in [5, 5.41) is 3.56. The van der Waals surface area contributed by atoms with Gasteiger partial charge in [0.15, 0.2) is 0 Å². The minimum Gasteiger partial charge on any atom is -0.444 e. The molecule has 5 heteroatoms. The van der Waals surface area contributed by atoms with Crippen molar-refractivity contribution in [1.29, 1.82) is 0 Å². The van der Waals surface area contributed by atoms with Crippen molar-refractivity contribution in [2.45, 2.75) is 58.6 Å². The van der Waals surface area contributed by atoms with E-state index in [1.807, 2.05) is 20.8 Å². The largest absolute Gasteiger partial charge is 0.444 e. The summed E-state index contributed by atoms with van der Waals surface area (Å²) in [7, 11) is 4.02. The first-order valence-corrected chi connectivity index (χ1v) is 8.54. The average molecular weight is 313 g/mol. The molecule has 1 saturated heterocycles. The maximum atomic E-state index is 11.9. The summed E-state index contributed by atoms with van der Waals surface area (Å²) in [4.78, 5) is 16.1. The van der Waals surface area contributed by atoms with E-state index in [4.69, 9.17) is 4.74 Å². The van der Waals surface area contributed by atoms with Crippen LogP contribution in [0, 0.1) is 5.92 Å². The highest BCUT2D eigenvalue weighted by Gasteiger charge is 2.21. The van der Waals surface area contributed by atoms with Crippen molar-refractivity contribution < 1.29 is 9.53 Å². The number of carbonyl (C=O) groups is 1. The molecule has 0 radical (unpaired) electrons. The molecule has 0 aromatic carbocycles. The Morgan fingerprint density at radius 3 is 2.68 bits per heavy atom. The van der Waals surface area contributed by atoms with Crippen LogP contribution in [-0.4, -0.2) is 67.8 Å². The van der Waals surface area contributed by atoms with Crippen LogP contribution in [0.15, 0.2) is 0 Å². The second-order valence-corrected chi connectivity index (χ2v) is 7.75. The molecular formula is C17H35N3O2. The van der Waals surface area contributed by atoms with E-state index in [-0.39, 0.29) is 6.09 Å². The average Bonchev–Trinajstić information content (AvgIpc) is 2.39. The fraction of sp³-hybridized carbons (Fsp3) is 0.941. The Hall–Kier alpha value is -0.810. The SMILES string of the molecule is CC(CNCC1CCCCN1C)CN(C)C(=O)OC(C)(C)C. The van der Waals surface area contributed by atoms with Gasteiger partial charge in [0.1, 0.15) is 5.60 Å². The van der Waals surface area contributed by atoms with Crippen molar-refractivity contribution >= 4 is 6.09 Å². The molecule has 0 spiro atoms. The second-order valence-electron chi connectivity index (χ2n) is 7.75. The lowest BCUT2D eigenvalue weighted by molar-refractivity contribution is 0.0276. The predicted octanol–water partition coefficient (Wildman–Crippen LogP) is 2.56. The lowest BCUT2D eigenvalue weighted by Gasteiger charge is -2.33. The molecule has 0 aliphatic carbocycles. The first-order chi connectivity index (χ1) is 10.2.